The molecule has 4 nitrogen and oxygen atoms in total. The van der Waals surface area contributed by atoms with Crippen molar-refractivity contribution in [3.63, 3.8) is 0 Å². The summed E-state index contributed by atoms with van der Waals surface area (Å²) in [5.41, 5.74) is 0.788. The van der Waals surface area contributed by atoms with Crippen LogP contribution >= 0.6 is 0 Å². The van der Waals surface area contributed by atoms with E-state index in [4.69, 9.17) is 5.11 Å². The summed E-state index contributed by atoms with van der Waals surface area (Å²) in [6, 6.07) is 6.07. The van der Waals surface area contributed by atoms with Gasteiger partial charge in [0.05, 0.1) is 0 Å². The Kier molecular flexibility index (Phi) is 3.82. The number of halogens is 1. The summed E-state index contributed by atoms with van der Waals surface area (Å²) >= 11 is 0. The molecule has 1 aromatic carbocycles. The van der Waals surface area contributed by atoms with E-state index in [9.17, 15) is 4.39 Å². The van der Waals surface area contributed by atoms with Crippen LogP contribution in [0.1, 0.15) is 18.7 Å². The van der Waals surface area contributed by atoms with Gasteiger partial charge in [0, 0.05) is 18.6 Å². The van der Waals surface area contributed by atoms with Gasteiger partial charge in [-0.2, -0.15) is 5.10 Å². The van der Waals surface area contributed by atoms with Crippen molar-refractivity contribution >= 4 is 0 Å². The topological polar surface area (TPSA) is 61.8 Å². The molecule has 0 saturated heterocycles. The summed E-state index contributed by atoms with van der Waals surface area (Å²) in [6.07, 6.45) is 2.38. The standard InChI is InChI=1S/C12H14FN3O/c13-10-6-4-9(5-7-10)12-14-11(15-16-12)3-1-2-8-17/h4-7,17H,1-3,8H2,(H,14,15,16). The zero-order valence-corrected chi connectivity index (χ0v) is 9.36. The molecule has 0 bridgehead atoms. The summed E-state index contributed by atoms with van der Waals surface area (Å²) < 4.78 is 12.7. The molecule has 90 valence electrons. The lowest BCUT2D eigenvalue weighted by molar-refractivity contribution is 0.284. The van der Waals surface area contributed by atoms with Crippen LogP contribution in [-0.2, 0) is 6.42 Å². The molecule has 0 radical (unpaired) electrons. The van der Waals surface area contributed by atoms with Crippen molar-refractivity contribution in [2.45, 2.75) is 19.3 Å². The van der Waals surface area contributed by atoms with E-state index in [1.807, 2.05) is 0 Å². The number of hydrogen-bond donors (Lipinski definition) is 2. The molecule has 0 aliphatic carbocycles. The Morgan fingerprint density at radius 2 is 1.94 bits per heavy atom. The molecule has 0 saturated carbocycles. The van der Waals surface area contributed by atoms with E-state index < -0.39 is 0 Å². The monoisotopic (exact) mass is 235 g/mol. The first-order valence-corrected chi connectivity index (χ1v) is 5.57. The van der Waals surface area contributed by atoms with E-state index in [1.54, 1.807) is 12.1 Å². The van der Waals surface area contributed by atoms with Crippen LogP contribution in [0.25, 0.3) is 11.4 Å². The van der Waals surface area contributed by atoms with Gasteiger partial charge < -0.3 is 5.11 Å². The summed E-state index contributed by atoms with van der Waals surface area (Å²) in [5, 5.41) is 15.6. The van der Waals surface area contributed by atoms with Gasteiger partial charge in [-0.25, -0.2) is 9.37 Å². The largest absolute Gasteiger partial charge is 0.396 e. The number of rotatable bonds is 5. The molecule has 2 aromatic rings. The molecule has 0 unspecified atom stereocenters. The molecular formula is C12H14FN3O. The second kappa shape index (κ2) is 5.54. The fourth-order valence-electron chi connectivity index (χ4n) is 1.54. The quantitative estimate of drug-likeness (QED) is 0.778. The molecule has 0 aliphatic rings. The van der Waals surface area contributed by atoms with Crippen LogP contribution < -0.4 is 0 Å². The van der Waals surface area contributed by atoms with Crippen LogP contribution in [0.4, 0.5) is 4.39 Å². The molecule has 1 heterocycles. The Morgan fingerprint density at radius 1 is 1.18 bits per heavy atom. The number of nitrogens with zero attached hydrogens (tertiary/aromatic N) is 2. The van der Waals surface area contributed by atoms with Crippen molar-refractivity contribution in [1.29, 1.82) is 0 Å². The number of aromatic amines is 1. The highest BCUT2D eigenvalue weighted by Gasteiger charge is 2.05. The molecule has 2 rings (SSSR count). The average Bonchev–Trinajstić information content (AvgIpc) is 2.79. The lowest BCUT2D eigenvalue weighted by atomic mass is 10.2. The molecule has 17 heavy (non-hydrogen) atoms. The number of aliphatic hydroxyl groups excluding tert-OH is 1. The molecule has 0 atom stereocenters. The first-order valence-electron chi connectivity index (χ1n) is 5.57. The molecular weight excluding hydrogens is 221 g/mol. The number of hydrogen-bond acceptors (Lipinski definition) is 3. The normalized spacial score (nSPS) is 10.7. The first-order chi connectivity index (χ1) is 8.29. The molecule has 1 aromatic heterocycles. The Hall–Kier alpha value is -1.75. The van der Waals surface area contributed by atoms with Crippen LogP contribution in [-0.4, -0.2) is 26.9 Å². The van der Waals surface area contributed by atoms with Crippen LogP contribution in [0, 0.1) is 5.82 Å². The summed E-state index contributed by atoms with van der Waals surface area (Å²) in [5.74, 6) is 1.09. The smallest absolute Gasteiger partial charge is 0.181 e. The molecule has 2 N–H and O–H groups in total. The second-order valence-corrected chi connectivity index (χ2v) is 3.79. The van der Waals surface area contributed by atoms with Crippen molar-refractivity contribution in [2.24, 2.45) is 0 Å². The molecule has 0 fully saturated rings. The first kappa shape index (κ1) is 11.7. The zero-order valence-electron chi connectivity index (χ0n) is 9.36. The highest BCUT2D eigenvalue weighted by Crippen LogP contribution is 2.15. The highest BCUT2D eigenvalue weighted by atomic mass is 19.1. The number of H-pyrrole nitrogens is 1. The van der Waals surface area contributed by atoms with E-state index in [2.05, 4.69) is 15.2 Å². The summed E-state index contributed by atoms with van der Waals surface area (Å²) in [4.78, 5) is 4.31. The number of aromatic nitrogens is 3. The summed E-state index contributed by atoms with van der Waals surface area (Å²) in [7, 11) is 0. The fourth-order valence-corrected chi connectivity index (χ4v) is 1.54. The van der Waals surface area contributed by atoms with Gasteiger partial charge in [-0.15, -0.1) is 0 Å². The highest BCUT2D eigenvalue weighted by molar-refractivity contribution is 5.53. The van der Waals surface area contributed by atoms with Gasteiger partial charge in [0.2, 0.25) is 0 Å². The third-order valence-corrected chi connectivity index (χ3v) is 2.46. The van der Waals surface area contributed by atoms with Crippen LogP contribution in [0.5, 0.6) is 0 Å². The number of aryl methyl sites for hydroxylation is 1. The number of aliphatic hydroxyl groups is 1. The number of unbranched alkanes of at least 4 members (excludes halogenated alkanes) is 1. The Morgan fingerprint density at radius 3 is 2.65 bits per heavy atom. The van der Waals surface area contributed by atoms with Crippen molar-refractivity contribution in [3.8, 4) is 11.4 Å². The van der Waals surface area contributed by atoms with Gasteiger partial charge in [-0.1, -0.05) is 0 Å². The third kappa shape index (κ3) is 3.10. The molecule has 0 aliphatic heterocycles. The minimum atomic E-state index is -0.271. The minimum absolute atomic E-state index is 0.193. The van der Waals surface area contributed by atoms with Crippen molar-refractivity contribution < 1.29 is 9.50 Å². The Bertz CT molecular complexity index is 467. The molecule has 0 spiro atoms. The van der Waals surface area contributed by atoms with Gasteiger partial charge in [-0.05, 0) is 37.1 Å². The zero-order chi connectivity index (χ0) is 12.1. The molecule has 5 heteroatoms. The predicted molar refractivity (Wildman–Crippen MR) is 61.8 cm³/mol. The fraction of sp³-hybridized carbons (Fsp3) is 0.333. The van der Waals surface area contributed by atoms with E-state index >= 15 is 0 Å². The van der Waals surface area contributed by atoms with Gasteiger partial charge in [-0.3, -0.25) is 5.10 Å². The second-order valence-electron chi connectivity index (χ2n) is 3.79. The van der Waals surface area contributed by atoms with Gasteiger partial charge in [0.25, 0.3) is 0 Å². The number of benzene rings is 1. The van der Waals surface area contributed by atoms with Crippen molar-refractivity contribution in [1.82, 2.24) is 15.2 Å². The van der Waals surface area contributed by atoms with Gasteiger partial charge >= 0.3 is 0 Å². The van der Waals surface area contributed by atoms with Gasteiger partial charge in [0.15, 0.2) is 5.82 Å². The average molecular weight is 235 g/mol. The van der Waals surface area contributed by atoms with E-state index in [0.29, 0.717) is 5.82 Å². The van der Waals surface area contributed by atoms with Crippen LogP contribution in [0.2, 0.25) is 0 Å². The van der Waals surface area contributed by atoms with Gasteiger partial charge in [0.1, 0.15) is 11.6 Å². The van der Waals surface area contributed by atoms with Crippen LogP contribution in [0.15, 0.2) is 24.3 Å². The number of nitrogens with one attached hydrogen (secondary N) is 1. The third-order valence-electron chi connectivity index (χ3n) is 2.46. The van der Waals surface area contributed by atoms with E-state index in [1.165, 1.54) is 12.1 Å². The minimum Gasteiger partial charge on any atom is -0.396 e. The maximum atomic E-state index is 12.7. The summed E-state index contributed by atoms with van der Waals surface area (Å²) in [6.45, 7) is 0.193. The maximum absolute atomic E-state index is 12.7. The molecule has 0 amide bonds. The lowest BCUT2D eigenvalue weighted by Crippen LogP contribution is -1.90. The Balaban J connectivity index is 2.04. The van der Waals surface area contributed by atoms with E-state index in [0.717, 1.165) is 30.7 Å². The SMILES string of the molecule is OCCCCc1nc(-c2ccc(F)cc2)n[nH]1. The maximum Gasteiger partial charge on any atom is 0.181 e. The van der Waals surface area contributed by atoms with E-state index in [-0.39, 0.29) is 12.4 Å². The van der Waals surface area contributed by atoms with Crippen molar-refractivity contribution in [3.05, 3.63) is 35.9 Å². The Labute approximate surface area is 98.5 Å². The predicted octanol–water partition coefficient (Wildman–Crippen LogP) is 1.93. The van der Waals surface area contributed by atoms with Crippen LogP contribution in [0.3, 0.4) is 0 Å². The lowest BCUT2D eigenvalue weighted by Gasteiger charge is -1.94. The van der Waals surface area contributed by atoms with Crippen molar-refractivity contribution in [2.75, 3.05) is 6.61 Å².